The zero-order valence-corrected chi connectivity index (χ0v) is 6.68. The topological polar surface area (TPSA) is 20.2 Å². The second kappa shape index (κ2) is 3.08. The summed E-state index contributed by atoms with van der Waals surface area (Å²) in [6.45, 7) is 1.73. The average Bonchev–Trinajstić information content (AvgIpc) is 1.88. The molecule has 0 aliphatic carbocycles. The van der Waals surface area contributed by atoms with Gasteiger partial charge < -0.3 is 5.11 Å². The highest BCUT2D eigenvalue weighted by Crippen LogP contribution is 2.19. The highest BCUT2D eigenvalue weighted by Gasteiger charge is 2.01. The number of benzene rings is 1. The van der Waals surface area contributed by atoms with Gasteiger partial charge in [0.1, 0.15) is 0 Å². The average molecular weight is 154 g/mol. The van der Waals surface area contributed by atoms with Crippen LogP contribution >= 0.6 is 12.6 Å². The molecule has 0 saturated carbocycles. The number of aliphatic hydroxyl groups is 1. The molecule has 2 heteroatoms. The molecule has 0 amide bonds. The van der Waals surface area contributed by atoms with Crippen LogP contribution in [0, 0.1) is 0 Å². The minimum atomic E-state index is -0.423. The third-order valence-electron chi connectivity index (χ3n) is 1.39. The van der Waals surface area contributed by atoms with E-state index in [2.05, 4.69) is 12.6 Å². The summed E-state index contributed by atoms with van der Waals surface area (Å²) in [5.41, 5.74) is 0.880. The molecule has 1 aromatic rings. The highest BCUT2D eigenvalue weighted by atomic mass is 32.1. The molecule has 0 aliphatic rings. The second-order valence-electron chi connectivity index (χ2n) is 2.23. The molecule has 0 radical (unpaired) electrons. The first-order valence-electron chi connectivity index (χ1n) is 3.18. The molecule has 0 spiro atoms. The van der Waals surface area contributed by atoms with E-state index in [0.717, 1.165) is 10.5 Å². The first-order valence-corrected chi connectivity index (χ1v) is 3.62. The summed E-state index contributed by atoms with van der Waals surface area (Å²) in [6.07, 6.45) is -0.423. The van der Waals surface area contributed by atoms with Gasteiger partial charge in [0.05, 0.1) is 6.10 Å². The zero-order valence-electron chi connectivity index (χ0n) is 5.78. The lowest BCUT2D eigenvalue weighted by atomic mass is 10.1. The van der Waals surface area contributed by atoms with Crippen molar-refractivity contribution < 1.29 is 5.11 Å². The van der Waals surface area contributed by atoms with E-state index in [0.29, 0.717) is 0 Å². The molecule has 1 nitrogen and oxygen atoms in total. The van der Waals surface area contributed by atoms with Crippen molar-refractivity contribution in [3.05, 3.63) is 29.8 Å². The molecule has 0 aliphatic heterocycles. The van der Waals surface area contributed by atoms with Gasteiger partial charge >= 0.3 is 0 Å². The SMILES string of the molecule is CC(O)c1ccccc1S. The largest absolute Gasteiger partial charge is 0.389 e. The normalized spacial score (nSPS) is 13.1. The van der Waals surface area contributed by atoms with Gasteiger partial charge in [-0.2, -0.15) is 0 Å². The van der Waals surface area contributed by atoms with Crippen LogP contribution in [0.15, 0.2) is 29.2 Å². The summed E-state index contributed by atoms with van der Waals surface area (Å²) in [4.78, 5) is 0.845. The van der Waals surface area contributed by atoms with Crippen molar-refractivity contribution in [3.63, 3.8) is 0 Å². The fourth-order valence-electron chi connectivity index (χ4n) is 0.841. The number of rotatable bonds is 1. The molecule has 10 heavy (non-hydrogen) atoms. The van der Waals surface area contributed by atoms with Crippen LogP contribution in [0.5, 0.6) is 0 Å². The molecule has 1 aromatic carbocycles. The van der Waals surface area contributed by atoms with Crippen LogP contribution in [0.25, 0.3) is 0 Å². The quantitative estimate of drug-likeness (QED) is 0.593. The molecule has 0 aromatic heterocycles. The van der Waals surface area contributed by atoms with E-state index in [1.807, 2.05) is 24.3 Å². The van der Waals surface area contributed by atoms with Gasteiger partial charge in [0.15, 0.2) is 0 Å². The third-order valence-corrected chi connectivity index (χ3v) is 1.79. The molecular weight excluding hydrogens is 144 g/mol. The van der Waals surface area contributed by atoms with Crippen LogP contribution in [0.4, 0.5) is 0 Å². The van der Waals surface area contributed by atoms with Crippen molar-refractivity contribution in [2.75, 3.05) is 0 Å². The van der Waals surface area contributed by atoms with Crippen LogP contribution in [-0.4, -0.2) is 5.11 Å². The van der Waals surface area contributed by atoms with E-state index in [1.165, 1.54) is 0 Å². The standard InChI is InChI=1S/C8H10OS/c1-6(9)7-4-2-3-5-8(7)10/h2-6,9-10H,1H3. The van der Waals surface area contributed by atoms with Gasteiger partial charge in [-0.15, -0.1) is 12.6 Å². The van der Waals surface area contributed by atoms with Gasteiger partial charge in [-0.05, 0) is 18.6 Å². The van der Waals surface area contributed by atoms with Gasteiger partial charge in [-0.1, -0.05) is 18.2 Å². The van der Waals surface area contributed by atoms with Crippen LogP contribution < -0.4 is 0 Å². The number of hydrogen-bond acceptors (Lipinski definition) is 2. The van der Waals surface area contributed by atoms with Crippen LogP contribution in [0.2, 0.25) is 0 Å². The Morgan fingerprint density at radius 2 is 2.00 bits per heavy atom. The van der Waals surface area contributed by atoms with E-state index in [4.69, 9.17) is 5.11 Å². The molecule has 54 valence electrons. The molecule has 1 unspecified atom stereocenters. The summed E-state index contributed by atoms with van der Waals surface area (Å²) in [5.74, 6) is 0. The first-order chi connectivity index (χ1) is 4.72. The highest BCUT2D eigenvalue weighted by molar-refractivity contribution is 7.80. The Kier molecular flexibility index (Phi) is 2.35. The lowest BCUT2D eigenvalue weighted by Gasteiger charge is -2.05. The molecule has 0 heterocycles. The predicted octanol–water partition coefficient (Wildman–Crippen LogP) is 2.03. The van der Waals surface area contributed by atoms with Gasteiger partial charge in [0.2, 0.25) is 0 Å². The second-order valence-corrected chi connectivity index (χ2v) is 2.72. The molecule has 0 bridgehead atoms. The van der Waals surface area contributed by atoms with E-state index in [-0.39, 0.29) is 0 Å². The minimum absolute atomic E-state index is 0.423. The van der Waals surface area contributed by atoms with Crippen molar-refractivity contribution in [3.8, 4) is 0 Å². The zero-order chi connectivity index (χ0) is 7.56. The molecule has 0 saturated heterocycles. The number of thiol groups is 1. The monoisotopic (exact) mass is 154 g/mol. The Hall–Kier alpha value is -0.470. The smallest absolute Gasteiger partial charge is 0.0772 e. The number of hydrogen-bond donors (Lipinski definition) is 2. The molecule has 1 N–H and O–H groups in total. The van der Waals surface area contributed by atoms with Crippen molar-refractivity contribution in [1.29, 1.82) is 0 Å². The van der Waals surface area contributed by atoms with Crippen molar-refractivity contribution in [2.45, 2.75) is 17.9 Å². The van der Waals surface area contributed by atoms with E-state index < -0.39 is 6.10 Å². The van der Waals surface area contributed by atoms with Crippen LogP contribution in [0.3, 0.4) is 0 Å². The Balaban J connectivity index is 3.03. The lowest BCUT2D eigenvalue weighted by molar-refractivity contribution is 0.196. The molecule has 0 fully saturated rings. The minimum Gasteiger partial charge on any atom is -0.389 e. The lowest BCUT2D eigenvalue weighted by Crippen LogP contribution is -1.91. The van der Waals surface area contributed by atoms with Crippen molar-refractivity contribution in [2.24, 2.45) is 0 Å². The summed E-state index contributed by atoms with van der Waals surface area (Å²) in [6, 6.07) is 7.52. The molecular formula is C8H10OS. The summed E-state index contributed by atoms with van der Waals surface area (Å²) in [7, 11) is 0. The Morgan fingerprint density at radius 1 is 1.40 bits per heavy atom. The molecule has 1 rings (SSSR count). The third kappa shape index (κ3) is 1.52. The van der Waals surface area contributed by atoms with Crippen LogP contribution in [0.1, 0.15) is 18.6 Å². The summed E-state index contributed by atoms with van der Waals surface area (Å²) in [5, 5.41) is 9.16. The maximum atomic E-state index is 9.16. The van der Waals surface area contributed by atoms with E-state index >= 15 is 0 Å². The van der Waals surface area contributed by atoms with E-state index in [1.54, 1.807) is 6.92 Å². The molecule has 1 atom stereocenters. The maximum Gasteiger partial charge on any atom is 0.0772 e. The Morgan fingerprint density at radius 3 is 2.40 bits per heavy atom. The fourth-order valence-corrected chi connectivity index (χ4v) is 1.19. The Labute approximate surface area is 66.1 Å². The van der Waals surface area contributed by atoms with Gasteiger partial charge in [-0.25, -0.2) is 0 Å². The summed E-state index contributed by atoms with van der Waals surface area (Å²) < 4.78 is 0. The first kappa shape index (κ1) is 7.63. The van der Waals surface area contributed by atoms with Gasteiger partial charge in [-0.3, -0.25) is 0 Å². The maximum absolute atomic E-state index is 9.16. The number of aliphatic hydroxyl groups excluding tert-OH is 1. The predicted molar refractivity (Wildman–Crippen MR) is 44.3 cm³/mol. The van der Waals surface area contributed by atoms with Crippen molar-refractivity contribution in [1.82, 2.24) is 0 Å². The van der Waals surface area contributed by atoms with Crippen molar-refractivity contribution >= 4 is 12.6 Å². The van der Waals surface area contributed by atoms with Gasteiger partial charge in [0.25, 0.3) is 0 Å². The Bertz CT molecular complexity index is 220. The summed E-state index contributed by atoms with van der Waals surface area (Å²) >= 11 is 4.18. The van der Waals surface area contributed by atoms with Gasteiger partial charge in [0, 0.05) is 4.90 Å². The fraction of sp³-hybridized carbons (Fsp3) is 0.250. The van der Waals surface area contributed by atoms with Crippen LogP contribution in [-0.2, 0) is 0 Å². The van der Waals surface area contributed by atoms with E-state index in [9.17, 15) is 0 Å².